The highest BCUT2D eigenvalue weighted by Gasteiger charge is 2.12. The van der Waals surface area contributed by atoms with E-state index in [1.165, 1.54) is 17.1 Å². The van der Waals surface area contributed by atoms with Gasteiger partial charge in [0.1, 0.15) is 5.82 Å². The monoisotopic (exact) mass is 293 g/mol. The van der Waals surface area contributed by atoms with Crippen molar-refractivity contribution in [2.75, 3.05) is 12.3 Å². The maximum atomic E-state index is 4.40. The highest BCUT2D eigenvalue weighted by molar-refractivity contribution is 8.00. The Hall–Kier alpha value is -0.910. The normalized spacial score (nSPS) is 12.5. The molecule has 5 heteroatoms. The van der Waals surface area contributed by atoms with Gasteiger partial charge in [0.25, 0.3) is 0 Å². The highest BCUT2D eigenvalue weighted by Crippen LogP contribution is 2.25. The largest absolute Gasteiger partial charge is 0.309 e. The first-order valence-corrected chi connectivity index (χ1v) is 8.27. The van der Waals surface area contributed by atoms with Crippen LogP contribution in [0.25, 0.3) is 0 Å². The zero-order valence-corrected chi connectivity index (χ0v) is 12.9. The predicted molar refractivity (Wildman–Crippen MR) is 82.8 cm³/mol. The van der Waals surface area contributed by atoms with Gasteiger partial charge in [-0.05, 0) is 37.0 Å². The topological polar surface area (TPSA) is 37.8 Å². The molecule has 0 saturated heterocycles. The molecule has 1 aromatic carbocycles. The number of aromatic nitrogens is 2. The molecule has 2 rings (SSSR count). The number of hydrogen-bond donors (Lipinski definition) is 1. The van der Waals surface area contributed by atoms with E-state index in [4.69, 9.17) is 0 Å². The maximum Gasteiger partial charge on any atom is 0.170 e. The van der Waals surface area contributed by atoms with Gasteiger partial charge in [-0.1, -0.05) is 49.0 Å². The van der Waals surface area contributed by atoms with E-state index in [0.29, 0.717) is 6.04 Å². The number of aryl methyl sites for hydroxylation is 1. The minimum Gasteiger partial charge on any atom is -0.309 e. The Labute approximate surface area is 123 Å². The summed E-state index contributed by atoms with van der Waals surface area (Å²) in [7, 11) is 0. The van der Waals surface area contributed by atoms with E-state index in [2.05, 4.69) is 51.9 Å². The molecule has 0 spiro atoms. The fourth-order valence-electron chi connectivity index (χ4n) is 1.77. The molecule has 1 N–H and O–H groups in total. The fourth-order valence-corrected chi connectivity index (χ4v) is 3.54. The molecule has 0 aliphatic heterocycles. The zero-order valence-electron chi connectivity index (χ0n) is 11.3. The molecule has 102 valence electrons. The first kappa shape index (κ1) is 14.5. The molecule has 1 unspecified atom stereocenters. The van der Waals surface area contributed by atoms with Crippen LogP contribution in [0.3, 0.4) is 0 Å². The Morgan fingerprint density at radius 2 is 2.11 bits per heavy atom. The SMILES string of the molecule is CCCNC(CSc1nc(C)ns1)c1ccccc1. The predicted octanol–water partition coefficient (Wildman–Crippen LogP) is 3.68. The lowest BCUT2D eigenvalue weighted by molar-refractivity contribution is 0.577. The third-order valence-corrected chi connectivity index (χ3v) is 4.74. The van der Waals surface area contributed by atoms with E-state index < -0.39 is 0 Å². The lowest BCUT2D eigenvalue weighted by Crippen LogP contribution is -2.24. The Bertz CT molecular complexity index is 484. The van der Waals surface area contributed by atoms with E-state index >= 15 is 0 Å². The van der Waals surface area contributed by atoms with E-state index in [0.717, 1.165) is 28.9 Å². The summed E-state index contributed by atoms with van der Waals surface area (Å²) in [5.74, 6) is 1.85. The summed E-state index contributed by atoms with van der Waals surface area (Å²) in [6.07, 6.45) is 1.14. The second kappa shape index (κ2) is 7.62. The zero-order chi connectivity index (χ0) is 13.5. The van der Waals surface area contributed by atoms with Crippen molar-refractivity contribution in [3.63, 3.8) is 0 Å². The number of nitrogens with one attached hydrogen (secondary N) is 1. The van der Waals surface area contributed by atoms with Crippen molar-refractivity contribution in [1.82, 2.24) is 14.7 Å². The minimum atomic E-state index is 0.371. The average Bonchev–Trinajstić information content (AvgIpc) is 2.86. The summed E-state index contributed by atoms with van der Waals surface area (Å²) in [5.41, 5.74) is 1.34. The quantitative estimate of drug-likeness (QED) is 0.790. The van der Waals surface area contributed by atoms with Gasteiger partial charge in [0.2, 0.25) is 0 Å². The van der Waals surface area contributed by atoms with Gasteiger partial charge >= 0.3 is 0 Å². The molecular formula is C14H19N3S2. The first-order valence-electron chi connectivity index (χ1n) is 6.51. The standard InChI is InChI=1S/C14H19N3S2/c1-3-9-15-13(12-7-5-4-6-8-12)10-18-14-16-11(2)17-19-14/h4-8,13,15H,3,9-10H2,1-2H3. The summed E-state index contributed by atoms with van der Waals surface area (Å²) in [4.78, 5) is 4.40. The van der Waals surface area contributed by atoms with Crippen LogP contribution in [0.15, 0.2) is 34.7 Å². The molecule has 0 aliphatic carbocycles. The van der Waals surface area contributed by atoms with Gasteiger partial charge in [0.15, 0.2) is 4.34 Å². The van der Waals surface area contributed by atoms with Gasteiger partial charge < -0.3 is 5.32 Å². The van der Waals surface area contributed by atoms with Crippen LogP contribution in [0.4, 0.5) is 0 Å². The number of rotatable bonds is 7. The smallest absolute Gasteiger partial charge is 0.170 e. The molecule has 0 aliphatic rings. The number of nitrogens with zero attached hydrogens (tertiary/aromatic N) is 2. The van der Waals surface area contributed by atoms with Gasteiger partial charge in [-0.3, -0.25) is 0 Å². The fraction of sp³-hybridized carbons (Fsp3) is 0.429. The van der Waals surface area contributed by atoms with Crippen LogP contribution in [0.5, 0.6) is 0 Å². The minimum absolute atomic E-state index is 0.371. The molecular weight excluding hydrogens is 274 g/mol. The number of hydrogen-bond acceptors (Lipinski definition) is 5. The molecule has 1 atom stereocenters. The third kappa shape index (κ3) is 4.60. The molecule has 2 aromatic rings. The average molecular weight is 293 g/mol. The van der Waals surface area contributed by atoms with Crippen molar-refractivity contribution in [3.05, 3.63) is 41.7 Å². The summed E-state index contributed by atoms with van der Waals surface area (Å²) in [6.45, 7) is 5.16. The van der Waals surface area contributed by atoms with E-state index in [1.54, 1.807) is 11.8 Å². The number of benzene rings is 1. The second-order valence-corrected chi connectivity index (χ2v) is 6.35. The van der Waals surface area contributed by atoms with Gasteiger partial charge in [-0.15, -0.1) is 0 Å². The lowest BCUT2D eigenvalue weighted by atomic mass is 10.1. The second-order valence-electron chi connectivity index (χ2n) is 4.34. The van der Waals surface area contributed by atoms with Crippen molar-refractivity contribution in [1.29, 1.82) is 0 Å². The van der Waals surface area contributed by atoms with Gasteiger partial charge in [0, 0.05) is 11.8 Å². The van der Waals surface area contributed by atoms with Crippen molar-refractivity contribution in [3.8, 4) is 0 Å². The lowest BCUT2D eigenvalue weighted by Gasteiger charge is -2.17. The van der Waals surface area contributed by atoms with Crippen LogP contribution in [0, 0.1) is 6.92 Å². The van der Waals surface area contributed by atoms with Gasteiger partial charge in [-0.25, -0.2) is 4.98 Å². The van der Waals surface area contributed by atoms with Crippen LogP contribution in [0.2, 0.25) is 0 Å². The Kier molecular flexibility index (Phi) is 5.82. The molecule has 0 saturated carbocycles. The Balaban J connectivity index is 1.97. The van der Waals surface area contributed by atoms with Crippen LogP contribution in [-0.4, -0.2) is 21.7 Å². The molecule has 3 nitrogen and oxygen atoms in total. The van der Waals surface area contributed by atoms with Crippen LogP contribution in [0.1, 0.15) is 30.8 Å². The molecule has 19 heavy (non-hydrogen) atoms. The van der Waals surface area contributed by atoms with Crippen molar-refractivity contribution >= 4 is 23.3 Å². The van der Waals surface area contributed by atoms with E-state index in [-0.39, 0.29) is 0 Å². The van der Waals surface area contributed by atoms with E-state index in [9.17, 15) is 0 Å². The van der Waals surface area contributed by atoms with Gasteiger partial charge in [0.05, 0.1) is 0 Å². The molecule has 1 heterocycles. The van der Waals surface area contributed by atoms with Crippen LogP contribution >= 0.6 is 23.3 Å². The molecule has 0 radical (unpaired) electrons. The van der Waals surface area contributed by atoms with Gasteiger partial charge in [-0.2, -0.15) is 4.37 Å². The number of thioether (sulfide) groups is 1. The third-order valence-electron chi connectivity index (χ3n) is 2.73. The highest BCUT2D eigenvalue weighted by atomic mass is 32.2. The van der Waals surface area contributed by atoms with Crippen LogP contribution < -0.4 is 5.32 Å². The molecule has 0 amide bonds. The summed E-state index contributed by atoms with van der Waals surface area (Å²) in [6, 6.07) is 11.0. The van der Waals surface area contributed by atoms with E-state index in [1.807, 2.05) is 6.92 Å². The first-order chi connectivity index (χ1) is 9.29. The maximum absolute atomic E-state index is 4.40. The Morgan fingerprint density at radius 3 is 2.74 bits per heavy atom. The molecule has 0 fully saturated rings. The van der Waals surface area contributed by atoms with Crippen molar-refractivity contribution < 1.29 is 0 Å². The summed E-state index contributed by atoms with van der Waals surface area (Å²) in [5, 5.41) is 3.60. The van der Waals surface area contributed by atoms with Crippen molar-refractivity contribution in [2.24, 2.45) is 0 Å². The molecule has 0 bridgehead atoms. The Morgan fingerprint density at radius 1 is 1.32 bits per heavy atom. The summed E-state index contributed by atoms with van der Waals surface area (Å²) < 4.78 is 5.27. The summed E-state index contributed by atoms with van der Waals surface area (Å²) >= 11 is 3.26. The van der Waals surface area contributed by atoms with Crippen LogP contribution in [-0.2, 0) is 0 Å². The molecule has 1 aromatic heterocycles. The van der Waals surface area contributed by atoms with Crippen molar-refractivity contribution in [2.45, 2.75) is 30.6 Å².